The van der Waals surface area contributed by atoms with E-state index >= 15 is 0 Å². The standard InChI is InChI=1S/C19H25N3O4/c1-13(2)18-12-17(14(3)26-19-6-4-5-11-25-19)20-21(18)15-7-9-16(10-8-15)22(23)24/h7-10,12-14,19H,4-6,11H2,1-3H3. The highest BCUT2D eigenvalue weighted by molar-refractivity contribution is 5.42. The van der Waals surface area contributed by atoms with Gasteiger partial charge in [-0.05, 0) is 50.3 Å². The Balaban J connectivity index is 1.84. The molecule has 0 amide bonds. The lowest BCUT2D eigenvalue weighted by molar-refractivity contribution is -0.384. The molecule has 2 heterocycles. The summed E-state index contributed by atoms with van der Waals surface area (Å²) in [7, 11) is 0. The smallest absolute Gasteiger partial charge is 0.269 e. The van der Waals surface area contributed by atoms with Gasteiger partial charge in [0.05, 0.1) is 16.3 Å². The van der Waals surface area contributed by atoms with Crippen molar-refractivity contribution in [2.45, 2.75) is 58.3 Å². The lowest BCUT2D eigenvalue weighted by Crippen LogP contribution is -2.23. The van der Waals surface area contributed by atoms with Gasteiger partial charge in [-0.25, -0.2) is 4.68 Å². The number of benzene rings is 1. The number of hydrogen-bond acceptors (Lipinski definition) is 5. The molecule has 140 valence electrons. The molecule has 1 fully saturated rings. The molecule has 2 aromatic rings. The maximum atomic E-state index is 10.9. The van der Waals surface area contributed by atoms with Gasteiger partial charge in [0.25, 0.3) is 5.69 Å². The van der Waals surface area contributed by atoms with Crippen LogP contribution in [0.2, 0.25) is 0 Å². The quantitative estimate of drug-likeness (QED) is 0.560. The molecule has 0 radical (unpaired) electrons. The summed E-state index contributed by atoms with van der Waals surface area (Å²) in [4.78, 5) is 10.5. The maximum absolute atomic E-state index is 10.9. The second-order valence-corrected chi connectivity index (χ2v) is 6.91. The molecule has 0 bridgehead atoms. The molecule has 7 nitrogen and oxygen atoms in total. The van der Waals surface area contributed by atoms with Crippen molar-refractivity contribution in [2.75, 3.05) is 6.61 Å². The number of aromatic nitrogens is 2. The third-order valence-corrected chi connectivity index (χ3v) is 4.56. The molecule has 1 aliphatic rings. The van der Waals surface area contributed by atoms with Crippen molar-refractivity contribution in [3.8, 4) is 5.69 Å². The van der Waals surface area contributed by atoms with E-state index in [-0.39, 0.29) is 24.0 Å². The fourth-order valence-corrected chi connectivity index (χ4v) is 3.06. The average Bonchev–Trinajstić information content (AvgIpc) is 3.08. The van der Waals surface area contributed by atoms with Crippen LogP contribution in [0.25, 0.3) is 5.69 Å². The molecule has 2 atom stereocenters. The zero-order chi connectivity index (χ0) is 18.7. The Labute approximate surface area is 153 Å². The SMILES string of the molecule is CC(C)c1cc(C(C)OC2CCCCO2)nn1-c1ccc([N+](=O)[O-])cc1. The first-order valence-electron chi connectivity index (χ1n) is 9.07. The van der Waals surface area contributed by atoms with Crippen LogP contribution in [-0.2, 0) is 9.47 Å². The number of ether oxygens (including phenoxy) is 2. The number of nitrogens with zero attached hydrogens (tertiary/aromatic N) is 3. The van der Waals surface area contributed by atoms with Crippen LogP contribution in [0.15, 0.2) is 30.3 Å². The van der Waals surface area contributed by atoms with E-state index in [1.54, 1.807) is 12.1 Å². The first-order chi connectivity index (χ1) is 12.5. The van der Waals surface area contributed by atoms with Crippen LogP contribution in [0.4, 0.5) is 5.69 Å². The summed E-state index contributed by atoms with van der Waals surface area (Å²) in [5.41, 5.74) is 2.74. The Kier molecular flexibility index (Phi) is 5.68. The van der Waals surface area contributed by atoms with Crippen LogP contribution < -0.4 is 0 Å². The molecule has 2 unspecified atom stereocenters. The van der Waals surface area contributed by atoms with Crippen molar-refractivity contribution in [2.24, 2.45) is 0 Å². The highest BCUT2D eigenvalue weighted by atomic mass is 16.7. The van der Waals surface area contributed by atoms with E-state index in [0.717, 1.165) is 42.9 Å². The molecule has 1 aromatic heterocycles. The minimum atomic E-state index is -0.401. The average molecular weight is 359 g/mol. The summed E-state index contributed by atoms with van der Waals surface area (Å²) >= 11 is 0. The topological polar surface area (TPSA) is 79.4 Å². The van der Waals surface area contributed by atoms with Crippen LogP contribution >= 0.6 is 0 Å². The Hall–Kier alpha value is -2.25. The highest BCUT2D eigenvalue weighted by Crippen LogP contribution is 2.28. The Morgan fingerprint density at radius 1 is 1.27 bits per heavy atom. The van der Waals surface area contributed by atoms with Gasteiger partial charge in [-0.2, -0.15) is 5.10 Å². The third kappa shape index (κ3) is 4.11. The van der Waals surface area contributed by atoms with Crippen LogP contribution in [0, 0.1) is 10.1 Å². The second kappa shape index (κ2) is 7.97. The van der Waals surface area contributed by atoms with Crippen molar-refractivity contribution in [3.63, 3.8) is 0 Å². The van der Waals surface area contributed by atoms with Gasteiger partial charge < -0.3 is 9.47 Å². The van der Waals surface area contributed by atoms with Crippen LogP contribution in [-0.4, -0.2) is 27.6 Å². The summed E-state index contributed by atoms with van der Waals surface area (Å²) in [6.45, 7) is 6.91. The third-order valence-electron chi connectivity index (χ3n) is 4.56. The van der Waals surface area contributed by atoms with E-state index in [1.807, 2.05) is 17.7 Å². The molecule has 7 heteroatoms. The van der Waals surface area contributed by atoms with E-state index in [2.05, 4.69) is 13.8 Å². The van der Waals surface area contributed by atoms with Gasteiger partial charge >= 0.3 is 0 Å². The van der Waals surface area contributed by atoms with Crippen molar-refractivity contribution in [1.82, 2.24) is 9.78 Å². The fourth-order valence-electron chi connectivity index (χ4n) is 3.06. The fraction of sp³-hybridized carbons (Fsp3) is 0.526. The largest absolute Gasteiger partial charge is 0.353 e. The van der Waals surface area contributed by atoms with Crippen molar-refractivity contribution < 1.29 is 14.4 Å². The molecule has 3 rings (SSSR count). The van der Waals surface area contributed by atoms with Gasteiger partial charge in [-0.1, -0.05) is 13.8 Å². The van der Waals surface area contributed by atoms with Crippen molar-refractivity contribution in [1.29, 1.82) is 0 Å². The highest BCUT2D eigenvalue weighted by Gasteiger charge is 2.22. The minimum Gasteiger partial charge on any atom is -0.353 e. The molecule has 0 spiro atoms. The summed E-state index contributed by atoms with van der Waals surface area (Å²) < 4.78 is 13.5. The molecule has 0 N–H and O–H groups in total. The lowest BCUT2D eigenvalue weighted by atomic mass is 10.1. The van der Waals surface area contributed by atoms with E-state index < -0.39 is 4.92 Å². The zero-order valence-electron chi connectivity index (χ0n) is 15.4. The molecule has 1 aromatic carbocycles. The van der Waals surface area contributed by atoms with Gasteiger partial charge in [0.15, 0.2) is 6.29 Å². The van der Waals surface area contributed by atoms with Gasteiger partial charge in [0.2, 0.25) is 0 Å². The maximum Gasteiger partial charge on any atom is 0.269 e. The first-order valence-corrected chi connectivity index (χ1v) is 9.07. The predicted molar refractivity (Wildman–Crippen MR) is 97.4 cm³/mol. The van der Waals surface area contributed by atoms with E-state index in [0.29, 0.717) is 0 Å². The van der Waals surface area contributed by atoms with Crippen molar-refractivity contribution >= 4 is 5.69 Å². The molecule has 26 heavy (non-hydrogen) atoms. The molecule has 1 saturated heterocycles. The summed E-state index contributed by atoms with van der Waals surface area (Å²) in [6, 6.07) is 8.47. The molecule has 0 aliphatic carbocycles. The van der Waals surface area contributed by atoms with E-state index in [9.17, 15) is 10.1 Å². The predicted octanol–water partition coefficient (Wildman–Crippen LogP) is 4.51. The molecule has 0 saturated carbocycles. The van der Waals surface area contributed by atoms with Crippen LogP contribution in [0.1, 0.15) is 63.4 Å². The summed E-state index contributed by atoms with van der Waals surface area (Å²) in [6.07, 6.45) is 2.75. The minimum absolute atomic E-state index is 0.0679. The summed E-state index contributed by atoms with van der Waals surface area (Å²) in [5.74, 6) is 0.254. The van der Waals surface area contributed by atoms with Crippen LogP contribution in [0.3, 0.4) is 0 Å². The molecular formula is C19H25N3O4. The number of non-ortho nitro benzene ring substituents is 1. The van der Waals surface area contributed by atoms with Crippen LogP contribution in [0.5, 0.6) is 0 Å². The number of rotatable bonds is 6. The lowest BCUT2D eigenvalue weighted by Gasteiger charge is -2.25. The number of nitro benzene ring substituents is 1. The molecular weight excluding hydrogens is 334 g/mol. The Morgan fingerprint density at radius 2 is 2.00 bits per heavy atom. The number of hydrogen-bond donors (Lipinski definition) is 0. The van der Waals surface area contributed by atoms with Gasteiger partial charge in [-0.3, -0.25) is 10.1 Å². The first kappa shape index (κ1) is 18.5. The van der Waals surface area contributed by atoms with E-state index in [1.165, 1.54) is 12.1 Å². The van der Waals surface area contributed by atoms with Crippen molar-refractivity contribution in [3.05, 3.63) is 51.8 Å². The second-order valence-electron chi connectivity index (χ2n) is 6.91. The Bertz CT molecular complexity index is 749. The summed E-state index contributed by atoms with van der Waals surface area (Å²) in [5, 5.41) is 15.6. The molecule has 1 aliphatic heterocycles. The Morgan fingerprint density at radius 3 is 2.58 bits per heavy atom. The van der Waals surface area contributed by atoms with Gasteiger partial charge in [0.1, 0.15) is 6.10 Å². The number of nitro groups is 1. The zero-order valence-corrected chi connectivity index (χ0v) is 15.4. The van der Waals surface area contributed by atoms with Gasteiger partial charge in [-0.15, -0.1) is 0 Å². The van der Waals surface area contributed by atoms with Gasteiger partial charge in [0, 0.05) is 24.4 Å². The monoisotopic (exact) mass is 359 g/mol. The van der Waals surface area contributed by atoms with E-state index in [4.69, 9.17) is 14.6 Å². The normalized spacial score (nSPS) is 18.8.